The first kappa shape index (κ1) is 12.8. The Morgan fingerprint density at radius 2 is 1.78 bits per heavy atom. The zero-order valence-corrected chi connectivity index (χ0v) is 11.5. The van der Waals surface area contributed by atoms with E-state index >= 15 is 0 Å². The zero-order valence-electron chi connectivity index (χ0n) is 11.5. The number of nitrogens with one attached hydrogen (secondary N) is 1. The summed E-state index contributed by atoms with van der Waals surface area (Å²) in [5.41, 5.74) is 3.69. The van der Waals surface area contributed by atoms with Crippen molar-refractivity contribution in [2.45, 2.75) is 32.9 Å². The normalized spacial score (nSPS) is 12.9. The summed E-state index contributed by atoms with van der Waals surface area (Å²) >= 11 is 0. The maximum atomic E-state index is 4.54. The quantitative estimate of drug-likeness (QED) is 0.891. The summed E-state index contributed by atoms with van der Waals surface area (Å²) in [5, 5.41) is 7.83. The van der Waals surface area contributed by atoms with Crippen LogP contribution in [0.5, 0.6) is 0 Å². The van der Waals surface area contributed by atoms with Crippen molar-refractivity contribution in [1.29, 1.82) is 0 Å². The molecule has 0 aliphatic rings. The van der Waals surface area contributed by atoms with Gasteiger partial charge in [-0.2, -0.15) is 5.10 Å². The van der Waals surface area contributed by atoms with Crippen molar-refractivity contribution in [3.8, 4) is 11.3 Å². The Bertz CT molecular complexity index is 500. The van der Waals surface area contributed by atoms with Crippen LogP contribution in [0.4, 0.5) is 0 Å². The molecule has 0 saturated heterocycles. The number of benzene rings is 1. The van der Waals surface area contributed by atoms with E-state index in [-0.39, 0.29) is 0 Å². The van der Waals surface area contributed by atoms with E-state index in [2.05, 4.69) is 60.1 Å². The summed E-state index contributed by atoms with van der Waals surface area (Å²) in [4.78, 5) is 0. The van der Waals surface area contributed by atoms with Gasteiger partial charge < -0.3 is 5.32 Å². The molecular formula is C15H21N3. The van der Waals surface area contributed by atoms with Crippen LogP contribution in [0.25, 0.3) is 11.3 Å². The van der Waals surface area contributed by atoms with Crippen LogP contribution in [0.3, 0.4) is 0 Å². The van der Waals surface area contributed by atoms with Gasteiger partial charge in [0.05, 0.1) is 11.9 Å². The molecule has 1 heterocycles. The summed E-state index contributed by atoms with van der Waals surface area (Å²) in [7, 11) is 1.98. The van der Waals surface area contributed by atoms with Gasteiger partial charge in [-0.15, -0.1) is 0 Å². The second-order valence-corrected chi connectivity index (χ2v) is 4.86. The minimum atomic E-state index is 0.299. The molecule has 1 unspecified atom stereocenters. The van der Waals surface area contributed by atoms with Gasteiger partial charge in [0.2, 0.25) is 0 Å². The first-order valence-electron chi connectivity index (χ1n) is 6.45. The number of rotatable bonds is 4. The van der Waals surface area contributed by atoms with E-state index in [9.17, 15) is 0 Å². The van der Waals surface area contributed by atoms with Crippen LogP contribution in [-0.2, 0) is 0 Å². The molecule has 1 atom stereocenters. The first-order chi connectivity index (χ1) is 8.65. The molecule has 0 aliphatic carbocycles. The number of hydrogen-bond donors (Lipinski definition) is 1. The lowest BCUT2D eigenvalue weighted by Gasteiger charge is -2.16. The standard InChI is InChI=1S/C15H21N3/c1-11(2)18-15(13-8-6-5-7-9-13)14(10-17-18)12(3)16-4/h5-12,16H,1-4H3. The SMILES string of the molecule is CNC(C)c1cnn(C(C)C)c1-c1ccccc1. The van der Waals surface area contributed by atoms with Crippen LogP contribution < -0.4 is 5.32 Å². The molecule has 2 aromatic rings. The molecule has 1 N–H and O–H groups in total. The highest BCUT2D eigenvalue weighted by molar-refractivity contribution is 5.64. The molecule has 0 spiro atoms. The predicted molar refractivity (Wildman–Crippen MR) is 75.5 cm³/mol. The van der Waals surface area contributed by atoms with Gasteiger partial charge in [0.1, 0.15) is 0 Å². The van der Waals surface area contributed by atoms with Gasteiger partial charge in [0, 0.05) is 23.2 Å². The van der Waals surface area contributed by atoms with Gasteiger partial charge in [0.25, 0.3) is 0 Å². The summed E-state index contributed by atoms with van der Waals surface area (Å²) in [5.74, 6) is 0. The smallest absolute Gasteiger partial charge is 0.0733 e. The first-order valence-corrected chi connectivity index (χ1v) is 6.45. The highest BCUT2D eigenvalue weighted by Crippen LogP contribution is 2.29. The highest BCUT2D eigenvalue weighted by atomic mass is 15.3. The van der Waals surface area contributed by atoms with E-state index in [1.54, 1.807) is 0 Å². The molecule has 0 bridgehead atoms. The molecule has 0 radical (unpaired) electrons. The molecule has 2 rings (SSSR count). The zero-order chi connectivity index (χ0) is 13.1. The van der Waals surface area contributed by atoms with Crippen LogP contribution in [-0.4, -0.2) is 16.8 Å². The Hall–Kier alpha value is -1.61. The Labute approximate surface area is 109 Å². The monoisotopic (exact) mass is 243 g/mol. The van der Waals surface area contributed by atoms with Crippen LogP contribution in [0.15, 0.2) is 36.5 Å². The number of nitrogens with zero attached hydrogens (tertiary/aromatic N) is 2. The van der Waals surface area contributed by atoms with Gasteiger partial charge in [-0.1, -0.05) is 30.3 Å². The summed E-state index contributed by atoms with van der Waals surface area (Å²) in [6, 6.07) is 11.1. The van der Waals surface area contributed by atoms with Crippen LogP contribution in [0.2, 0.25) is 0 Å². The van der Waals surface area contributed by atoms with E-state index in [0.717, 1.165) is 0 Å². The summed E-state index contributed by atoms with van der Waals surface area (Å²) < 4.78 is 2.10. The lowest BCUT2D eigenvalue weighted by atomic mass is 10.0. The van der Waals surface area contributed by atoms with Gasteiger partial charge >= 0.3 is 0 Å². The fourth-order valence-corrected chi connectivity index (χ4v) is 2.13. The Kier molecular flexibility index (Phi) is 3.82. The molecule has 1 aromatic heterocycles. The van der Waals surface area contributed by atoms with Crippen molar-refractivity contribution >= 4 is 0 Å². The highest BCUT2D eigenvalue weighted by Gasteiger charge is 2.18. The lowest BCUT2D eigenvalue weighted by molar-refractivity contribution is 0.537. The third-order valence-electron chi connectivity index (χ3n) is 3.26. The average Bonchev–Trinajstić information content (AvgIpc) is 2.83. The average molecular weight is 243 g/mol. The molecule has 3 nitrogen and oxygen atoms in total. The van der Waals surface area contributed by atoms with E-state index in [4.69, 9.17) is 0 Å². The molecule has 3 heteroatoms. The lowest BCUT2D eigenvalue weighted by Crippen LogP contribution is -2.13. The fraction of sp³-hybridized carbons (Fsp3) is 0.400. The van der Waals surface area contributed by atoms with E-state index < -0.39 is 0 Å². The largest absolute Gasteiger partial charge is 0.313 e. The van der Waals surface area contributed by atoms with Crippen molar-refractivity contribution in [2.75, 3.05) is 7.05 Å². The van der Waals surface area contributed by atoms with Gasteiger partial charge in [-0.3, -0.25) is 4.68 Å². The van der Waals surface area contributed by atoms with Crippen molar-refractivity contribution < 1.29 is 0 Å². The molecule has 1 aromatic carbocycles. The van der Waals surface area contributed by atoms with Crippen molar-refractivity contribution in [1.82, 2.24) is 15.1 Å². The number of aromatic nitrogens is 2. The molecule has 0 fully saturated rings. The van der Waals surface area contributed by atoms with E-state index in [1.165, 1.54) is 16.8 Å². The third-order valence-corrected chi connectivity index (χ3v) is 3.26. The van der Waals surface area contributed by atoms with Gasteiger partial charge in [0.15, 0.2) is 0 Å². The molecule has 0 amide bonds. The van der Waals surface area contributed by atoms with Crippen molar-refractivity contribution in [3.63, 3.8) is 0 Å². The minimum Gasteiger partial charge on any atom is -0.313 e. The summed E-state index contributed by atoms with van der Waals surface area (Å²) in [6.45, 7) is 6.48. The van der Waals surface area contributed by atoms with Crippen LogP contribution >= 0.6 is 0 Å². The molecule has 96 valence electrons. The molecule has 0 saturated carbocycles. The molecular weight excluding hydrogens is 222 g/mol. The second-order valence-electron chi connectivity index (χ2n) is 4.86. The second kappa shape index (κ2) is 5.36. The maximum Gasteiger partial charge on any atom is 0.0733 e. The van der Waals surface area contributed by atoms with Crippen LogP contribution in [0, 0.1) is 0 Å². The van der Waals surface area contributed by atoms with Crippen LogP contribution in [0.1, 0.15) is 38.4 Å². The Morgan fingerprint density at radius 3 is 2.33 bits per heavy atom. The van der Waals surface area contributed by atoms with Crippen molar-refractivity contribution in [2.24, 2.45) is 0 Å². The fourth-order valence-electron chi connectivity index (χ4n) is 2.13. The maximum absolute atomic E-state index is 4.54. The third kappa shape index (κ3) is 2.31. The summed E-state index contributed by atoms with van der Waals surface area (Å²) in [6.07, 6.45) is 1.98. The Balaban J connectivity index is 2.58. The van der Waals surface area contributed by atoms with Gasteiger partial charge in [-0.25, -0.2) is 0 Å². The van der Waals surface area contributed by atoms with E-state index in [1.807, 2.05) is 19.3 Å². The molecule has 0 aliphatic heterocycles. The number of hydrogen-bond acceptors (Lipinski definition) is 2. The van der Waals surface area contributed by atoms with Crippen molar-refractivity contribution in [3.05, 3.63) is 42.1 Å². The Morgan fingerprint density at radius 1 is 1.11 bits per heavy atom. The minimum absolute atomic E-state index is 0.299. The predicted octanol–water partition coefficient (Wildman–Crippen LogP) is 3.41. The van der Waals surface area contributed by atoms with E-state index in [0.29, 0.717) is 12.1 Å². The van der Waals surface area contributed by atoms with Gasteiger partial charge in [-0.05, 0) is 27.8 Å². The molecule has 18 heavy (non-hydrogen) atoms. The topological polar surface area (TPSA) is 29.9 Å².